The van der Waals surface area contributed by atoms with Gasteiger partial charge in [-0.1, -0.05) is 65.6 Å². The molecule has 3 aromatic carbocycles. The summed E-state index contributed by atoms with van der Waals surface area (Å²) in [5, 5.41) is 8.69. The standard InChI is InChI=1S/C28H25BrClF3N4O4/c1-16(2)18-5-3-17(4-6-18)13-34-26(39)27(40)37-35-14-19-11-21(30)8-10-24(19)41-15-25(38)36-23-9-7-20(29)12-22(23)28(31,32)33/h3-12,14,16H,13,15H2,1-2H3,(H,34,39)(H,36,38)(H,37,40)/b35-14-. The Bertz CT molecular complexity index is 1450. The predicted molar refractivity (Wildman–Crippen MR) is 153 cm³/mol. The highest BCUT2D eigenvalue weighted by molar-refractivity contribution is 9.10. The SMILES string of the molecule is CC(C)c1ccc(CNC(=O)C(=O)N/N=C\c2cc(Cl)ccc2OCC(=O)Nc2ccc(Br)cc2C(F)(F)F)cc1. The molecule has 8 nitrogen and oxygen atoms in total. The molecule has 0 spiro atoms. The van der Waals surface area contributed by atoms with Gasteiger partial charge in [-0.15, -0.1) is 0 Å². The number of carbonyl (C=O) groups is 3. The lowest BCUT2D eigenvalue weighted by atomic mass is 10.0. The summed E-state index contributed by atoms with van der Waals surface area (Å²) < 4.78 is 45.6. The molecule has 3 rings (SSSR count). The van der Waals surface area contributed by atoms with Gasteiger partial charge in [0.05, 0.1) is 17.5 Å². The van der Waals surface area contributed by atoms with Gasteiger partial charge >= 0.3 is 18.0 Å². The molecule has 0 aliphatic rings. The third kappa shape index (κ3) is 9.61. The van der Waals surface area contributed by atoms with E-state index in [1.807, 2.05) is 24.3 Å². The molecule has 3 aromatic rings. The number of hydrogen-bond acceptors (Lipinski definition) is 5. The van der Waals surface area contributed by atoms with Crippen LogP contribution < -0.4 is 20.8 Å². The Balaban J connectivity index is 1.56. The summed E-state index contributed by atoms with van der Waals surface area (Å²) in [6, 6.07) is 15.2. The van der Waals surface area contributed by atoms with Crippen molar-refractivity contribution in [2.45, 2.75) is 32.5 Å². The van der Waals surface area contributed by atoms with Crippen molar-refractivity contribution in [2.75, 3.05) is 11.9 Å². The molecule has 0 radical (unpaired) electrons. The van der Waals surface area contributed by atoms with Gasteiger partial charge in [0.1, 0.15) is 5.75 Å². The zero-order valence-corrected chi connectivity index (χ0v) is 24.2. The molecule has 0 aromatic heterocycles. The second-order valence-corrected chi connectivity index (χ2v) is 10.3. The van der Waals surface area contributed by atoms with Crippen molar-refractivity contribution >= 4 is 57.2 Å². The topological polar surface area (TPSA) is 109 Å². The van der Waals surface area contributed by atoms with Crippen LogP contribution in [0.15, 0.2) is 70.2 Å². The quantitative estimate of drug-likeness (QED) is 0.149. The number of nitrogens with one attached hydrogen (secondary N) is 3. The van der Waals surface area contributed by atoms with Crippen LogP contribution in [0.1, 0.15) is 42.0 Å². The van der Waals surface area contributed by atoms with Crippen molar-refractivity contribution in [1.82, 2.24) is 10.7 Å². The third-order valence-electron chi connectivity index (χ3n) is 5.57. The van der Waals surface area contributed by atoms with E-state index >= 15 is 0 Å². The van der Waals surface area contributed by atoms with Gasteiger partial charge in [-0.05, 0) is 53.4 Å². The van der Waals surface area contributed by atoms with Gasteiger partial charge in [0, 0.05) is 21.6 Å². The van der Waals surface area contributed by atoms with Gasteiger partial charge < -0.3 is 15.4 Å². The summed E-state index contributed by atoms with van der Waals surface area (Å²) in [7, 11) is 0. The number of rotatable bonds is 9. The lowest BCUT2D eigenvalue weighted by molar-refractivity contribution is -0.139. The Morgan fingerprint density at radius 2 is 1.73 bits per heavy atom. The number of halogens is 5. The van der Waals surface area contributed by atoms with E-state index in [0.29, 0.717) is 5.92 Å². The molecular weight excluding hydrogens is 629 g/mol. The van der Waals surface area contributed by atoms with Gasteiger partial charge in [-0.25, -0.2) is 5.43 Å². The molecule has 0 saturated carbocycles. The first-order valence-corrected chi connectivity index (χ1v) is 13.3. The van der Waals surface area contributed by atoms with E-state index in [0.717, 1.165) is 29.5 Å². The van der Waals surface area contributed by atoms with E-state index in [9.17, 15) is 27.6 Å². The number of nitrogens with zero attached hydrogens (tertiary/aromatic N) is 1. The lowest BCUT2D eigenvalue weighted by Gasteiger charge is -2.15. The van der Waals surface area contributed by atoms with Gasteiger partial charge in [0.25, 0.3) is 5.91 Å². The Morgan fingerprint density at radius 3 is 2.39 bits per heavy atom. The second-order valence-electron chi connectivity index (χ2n) is 8.98. The fraction of sp³-hybridized carbons (Fsp3) is 0.214. The van der Waals surface area contributed by atoms with Crippen LogP contribution in [0, 0.1) is 0 Å². The van der Waals surface area contributed by atoms with Crippen molar-refractivity contribution < 1.29 is 32.3 Å². The monoisotopic (exact) mass is 652 g/mol. The smallest absolute Gasteiger partial charge is 0.418 e. The summed E-state index contributed by atoms with van der Waals surface area (Å²) in [5.41, 5.74) is 2.84. The minimum absolute atomic E-state index is 0.101. The van der Waals surface area contributed by atoms with Crippen LogP contribution in [-0.2, 0) is 27.1 Å². The third-order valence-corrected chi connectivity index (χ3v) is 6.30. The molecule has 3 amide bonds. The first-order chi connectivity index (χ1) is 19.3. The number of hydrazone groups is 1. The molecule has 3 N–H and O–H groups in total. The van der Waals surface area contributed by atoms with Crippen molar-refractivity contribution in [3.8, 4) is 5.75 Å². The van der Waals surface area contributed by atoms with Gasteiger partial charge in [0.2, 0.25) is 0 Å². The summed E-state index contributed by atoms with van der Waals surface area (Å²) in [6.07, 6.45) is -3.54. The zero-order valence-electron chi connectivity index (χ0n) is 21.8. The molecule has 41 heavy (non-hydrogen) atoms. The molecule has 216 valence electrons. The first-order valence-electron chi connectivity index (χ1n) is 12.1. The van der Waals surface area contributed by atoms with Crippen LogP contribution in [0.3, 0.4) is 0 Å². The molecule has 0 heterocycles. The molecule has 0 aliphatic carbocycles. The normalized spacial score (nSPS) is 11.4. The number of alkyl halides is 3. The Labute approximate surface area is 247 Å². The van der Waals surface area contributed by atoms with E-state index in [4.69, 9.17) is 16.3 Å². The largest absolute Gasteiger partial charge is 0.483 e. The van der Waals surface area contributed by atoms with Gasteiger partial charge in [0.15, 0.2) is 6.61 Å². The van der Waals surface area contributed by atoms with E-state index in [-0.39, 0.29) is 27.4 Å². The summed E-state index contributed by atoms with van der Waals surface area (Å²) in [6.45, 7) is 3.65. The van der Waals surface area contributed by atoms with Gasteiger partial charge in [-0.2, -0.15) is 18.3 Å². The van der Waals surface area contributed by atoms with Gasteiger partial charge in [-0.3, -0.25) is 14.4 Å². The van der Waals surface area contributed by atoms with Crippen LogP contribution in [0.4, 0.5) is 18.9 Å². The van der Waals surface area contributed by atoms with Crippen molar-refractivity contribution in [2.24, 2.45) is 5.10 Å². The molecule has 0 atom stereocenters. The maximum atomic E-state index is 13.3. The molecule has 0 bridgehead atoms. The lowest BCUT2D eigenvalue weighted by Crippen LogP contribution is -2.37. The first kappa shape index (κ1) is 31.6. The summed E-state index contributed by atoms with van der Waals surface area (Å²) >= 11 is 9.00. The number of carbonyl (C=O) groups excluding carboxylic acids is 3. The van der Waals surface area contributed by atoms with E-state index in [1.54, 1.807) is 0 Å². The minimum atomic E-state index is -4.69. The van der Waals surface area contributed by atoms with Crippen LogP contribution in [0.25, 0.3) is 0 Å². The highest BCUT2D eigenvalue weighted by atomic mass is 79.9. The van der Waals surface area contributed by atoms with Crippen LogP contribution in [0.5, 0.6) is 5.75 Å². The van der Waals surface area contributed by atoms with Crippen LogP contribution in [-0.4, -0.2) is 30.5 Å². The number of ether oxygens (including phenoxy) is 1. The average Bonchev–Trinajstić information content (AvgIpc) is 2.91. The molecule has 0 saturated heterocycles. The summed E-state index contributed by atoms with van der Waals surface area (Å²) in [4.78, 5) is 36.6. The Morgan fingerprint density at radius 1 is 1.02 bits per heavy atom. The van der Waals surface area contributed by atoms with E-state index in [2.05, 4.69) is 50.9 Å². The number of amides is 3. The van der Waals surface area contributed by atoms with Crippen molar-refractivity contribution in [3.63, 3.8) is 0 Å². The zero-order chi connectivity index (χ0) is 30.2. The molecule has 13 heteroatoms. The van der Waals surface area contributed by atoms with Crippen molar-refractivity contribution in [3.05, 3.63) is 92.4 Å². The highest BCUT2D eigenvalue weighted by Crippen LogP contribution is 2.36. The number of anilines is 1. The fourth-order valence-corrected chi connectivity index (χ4v) is 3.98. The molecule has 0 fully saturated rings. The number of benzene rings is 3. The second kappa shape index (κ2) is 14.1. The molecular formula is C28H25BrClF3N4O4. The minimum Gasteiger partial charge on any atom is -0.483 e. The van der Waals surface area contributed by atoms with E-state index in [1.165, 1.54) is 24.3 Å². The molecule has 0 unspecified atom stereocenters. The molecule has 0 aliphatic heterocycles. The van der Waals surface area contributed by atoms with Crippen LogP contribution >= 0.6 is 27.5 Å². The summed E-state index contributed by atoms with van der Waals surface area (Å²) in [5.74, 6) is -2.30. The average molecular weight is 654 g/mol. The Kier molecular flexibility index (Phi) is 10.9. The fourth-order valence-electron chi connectivity index (χ4n) is 3.44. The predicted octanol–water partition coefficient (Wildman–Crippen LogP) is 6.03. The Hall–Kier alpha value is -3.90. The number of hydrogen-bond donors (Lipinski definition) is 3. The highest BCUT2D eigenvalue weighted by Gasteiger charge is 2.34. The van der Waals surface area contributed by atoms with E-state index < -0.39 is 41.8 Å². The maximum absolute atomic E-state index is 13.3. The maximum Gasteiger partial charge on any atom is 0.418 e. The van der Waals surface area contributed by atoms with Crippen molar-refractivity contribution in [1.29, 1.82) is 0 Å². The van der Waals surface area contributed by atoms with Crippen LogP contribution in [0.2, 0.25) is 5.02 Å².